The van der Waals surface area contributed by atoms with Gasteiger partial charge < -0.3 is 9.17 Å². The lowest BCUT2D eigenvalue weighted by atomic mass is 10.0. The molecule has 4 nitrogen and oxygen atoms in total. The van der Waals surface area contributed by atoms with Crippen LogP contribution in [0.15, 0.2) is 54.7 Å². The highest BCUT2D eigenvalue weighted by Crippen LogP contribution is 2.22. The molecule has 0 fully saturated rings. The van der Waals surface area contributed by atoms with Crippen molar-refractivity contribution in [2.45, 2.75) is 6.42 Å². The number of aromatic nitrogens is 1. The summed E-state index contributed by atoms with van der Waals surface area (Å²) in [4.78, 5) is 3.25. The molecule has 0 saturated carbocycles. The fourth-order valence-electron chi connectivity index (χ4n) is 2.34. The van der Waals surface area contributed by atoms with Crippen molar-refractivity contribution >= 4 is 21.0 Å². The van der Waals surface area contributed by atoms with Crippen molar-refractivity contribution < 1.29 is 12.6 Å². The highest BCUT2D eigenvalue weighted by molar-refractivity contribution is 7.86. The van der Waals surface area contributed by atoms with E-state index in [0.29, 0.717) is 5.75 Å². The van der Waals surface area contributed by atoms with Crippen LogP contribution in [0.25, 0.3) is 10.9 Å². The molecule has 2 aromatic carbocycles. The Hall–Kier alpha value is -2.27. The summed E-state index contributed by atoms with van der Waals surface area (Å²) in [5.74, 6) is 0.333. The Kier molecular flexibility index (Phi) is 3.43. The van der Waals surface area contributed by atoms with Crippen molar-refractivity contribution in [1.82, 2.24) is 4.98 Å². The van der Waals surface area contributed by atoms with Crippen LogP contribution in [0.3, 0.4) is 0 Å². The minimum Gasteiger partial charge on any atom is -0.383 e. The second-order valence-electron chi connectivity index (χ2n) is 4.97. The Morgan fingerprint density at radius 3 is 2.48 bits per heavy atom. The number of nitrogens with one attached hydrogen (secondary N) is 1. The normalized spacial score (nSPS) is 11.7. The number of fused-ring (bicyclic) bond motifs is 1. The third kappa shape index (κ3) is 3.25. The van der Waals surface area contributed by atoms with Crippen molar-refractivity contribution in [3.63, 3.8) is 0 Å². The SMILES string of the molecule is CS(=O)(=O)Oc1ccc(Cc2c[nH]c3ccccc23)cc1. The standard InChI is InChI=1S/C16H15NO3S/c1-21(18,19)20-14-8-6-12(7-9-14)10-13-11-17-16-5-3-2-4-15(13)16/h2-9,11,17H,10H2,1H3. The van der Waals surface area contributed by atoms with Gasteiger partial charge in [-0.25, -0.2) is 0 Å². The predicted molar refractivity (Wildman–Crippen MR) is 83.0 cm³/mol. The summed E-state index contributed by atoms with van der Waals surface area (Å²) < 4.78 is 27.0. The smallest absolute Gasteiger partial charge is 0.306 e. The van der Waals surface area contributed by atoms with Gasteiger partial charge in [0.25, 0.3) is 0 Å². The molecule has 0 unspecified atom stereocenters. The lowest BCUT2D eigenvalue weighted by Crippen LogP contribution is -2.05. The number of hydrogen-bond donors (Lipinski definition) is 1. The molecular formula is C16H15NO3S. The molecule has 1 N–H and O–H groups in total. The lowest BCUT2D eigenvalue weighted by molar-refractivity contribution is 0.493. The van der Waals surface area contributed by atoms with Gasteiger partial charge in [0.1, 0.15) is 5.75 Å². The van der Waals surface area contributed by atoms with Gasteiger partial charge in [-0.3, -0.25) is 0 Å². The quantitative estimate of drug-likeness (QED) is 0.753. The Morgan fingerprint density at radius 1 is 1.05 bits per heavy atom. The van der Waals surface area contributed by atoms with Crippen LogP contribution in [-0.4, -0.2) is 19.7 Å². The van der Waals surface area contributed by atoms with E-state index in [2.05, 4.69) is 11.1 Å². The number of benzene rings is 2. The molecule has 5 heteroatoms. The van der Waals surface area contributed by atoms with Crippen LogP contribution < -0.4 is 4.18 Å². The van der Waals surface area contributed by atoms with Gasteiger partial charge in [-0.1, -0.05) is 30.3 Å². The number of H-pyrrole nitrogens is 1. The maximum atomic E-state index is 11.1. The Morgan fingerprint density at radius 2 is 1.76 bits per heavy atom. The maximum absolute atomic E-state index is 11.1. The number of rotatable bonds is 4. The van der Waals surface area contributed by atoms with Crippen molar-refractivity contribution in [2.24, 2.45) is 0 Å². The number of para-hydroxylation sites is 1. The molecule has 0 amide bonds. The van der Waals surface area contributed by atoms with Gasteiger partial charge in [-0.2, -0.15) is 8.42 Å². The third-order valence-electron chi connectivity index (χ3n) is 3.24. The molecule has 21 heavy (non-hydrogen) atoms. The van der Waals surface area contributed by atoms with Crippen molar-refractivity contribution in [2.75, 3.05) is 6.26 Å². The van der Waals surface area contributed by atoms with E-state index in [0.717, 1.165) is 23.8 Å². The zero-order chi connectivity index (χ0) is 14.9. The molecule has 0 aliphatic rings. The van der Waals surface area contributed by atoms with Crippen LogP contribution in [0, 0.1) is 0 Å². The zero-order valence-electron chi connectivity index (χ0n) is 11.5. The largest absolute Gasteiger partial charge is 0.383 e. The van der Waals surface area contributed by atoms with Gasteiger partial charge in [0.05, 0.1) is 6.26 Å². The molecule has 0 spiro atoms. The molecular weight excluding hydrogens is 286 g/mol. The monoisotopic (exact) mass is 301 g/mol. The van der Waals surface area contributed by atoms with E-state index in [-0.39, 0.29) is 0 Å². The summed E-state index contributed by atoms with van der Waals surface area (Å²) in [5, 5.41) is 1.20. The maximum Gasteiger partial charge on any atom is 0.306 e. The van der Waals surface area contributed by atoms with Crippen LogP contribution in [0.2, 0.25) is 0 Å². The summed E-state index contributed by atoms with van der Waals surface area (Å²) in [6.45, 7) is 0. The Balaban J connectivity index is 1.82. The third-order valence-corrected chi connectivity index (χ3v) is 3.74. The molecule has 0 aliphatic carbocycles. The van der Waals surface area contributed by atoms with Crippen molar-refractivity contribution in [3.8, 4) is 5.75 Å². The van der Waals surface area contributed by atoms with Crippen LogP contribution in [0.5, 0.6) is 5.75 Å². The molecule has 108 valence electrons. The van der Waals surface area contributed by atoms with E-state index in [1.807, 2.05) is 36.5 Å². The average Bonchev–Trinajstić information content (AvgIpc) is 2.83. The molecule has 3 rings (SSSR count). The zero-order valence-corrected chi connectivity index (χ0v) is 12.4. The van der Waals surface area contributed by atoms with Gasteiger partial charge in [0, 0.05) is 17.1 Å². The van der Waals surface area contributed by atoms with Crippen LogP contribution in [0.4, 0.5) is 0 Å². The first-order valence-corrected chi connectivity index (χ1v) is 8.36. The summed E-state index contributed by atoms with van der Waals surface area (Å²) in [7, 11) is -3.47. The van der Waals surface area contributed by atoms with Gasteiger partial charge in [0.2, 0.25) is 0 Å². The summed E-state index contributed by atoms with van der Waals surface area (Å²) in [6.07, 6.45) is 3.82. The topological polar surface area (TPSA) is 59.2 Å². The summed E-state index contributed by atoms with van der Waals surface area (Å²) in [6, 6.07) is 15.2. The van der Waals surface area contributed by atoms with Crippen LogP contribution in [0.1, 0.15) is 11.1 Å². The lowest BCUT2D eigenvalue weighted by Gasteiger charge is -2.04. The van der Waals surface area contributed by atoms with E-state index in [1.54, 1.807) is 12.1 Å². The second kappa shape index (κ2) is 5.26. The summed E-state index contributed by atoms with van der Waals surface area (Å²) >= 11 is 0. The molecule has 1 heterocycles. The molecule has 0 saturated heterocycles. The molecule has 0 bridgehead atoms. The van der Waals surface area contributed by atoms with Crippen LogP contribution >= 0.6 is 0 Å². The highest BCUT2D eigenvalue weighted by atomic mass is 32.2. The molecule has 0 atom stereocenters. The first-order valence-electron chi connectivity index (χ1n) is 6.55. The van der Waals surface area contributed by atoms with E-state index >= 15 is 0 Å². The van der Waals surface area contributed by atoms with Gasteiger partial charge in [-0.15, -0.1) is 0 Å². The molecule has 0 radical (unpaired) electrons. The fourth-order valence-corrected chi connectivity index (χ4v) is 2.80. The second-order valence-corrected chi connectivity index (χ2v) is 6.54. The molecule has 3 aromatic rings. The summed E-state index contributed by atoms with van der Waals surface area (Å²) in [5.41, 5.74) is 3.42. The van der Waals surface area contributed by atoms with E-state index in [9.17, 15) is 8.42 Å². The minimum absolute atomic E-state index is 0.333. The first-order chi connectivity index (χ1) is 10.0. The van der Waals surface area contributed by atoms with Crippen molar-refractivity contribution in [3.05, 3.63) is 65.9 Å². The Bertz CT molecular complexity index is 864. The molecule has 1 aromatic heterocycles. The fraction of sp³-hybridized carbons (Fsp3) is 0.125. The number of aromatic amines is 1. The van der Waals surface area contributed by atoms with E-state index < -0.39 is 10.1 Å². The van der Waals surface area contributed by atoms with Gasteiger partial charge >= 0.3 is 10.1 Å². The van der Waals surface area contributed by atoms with Gasteiger partial charge in [-0.05, 0) is 35.7 Å². The minimum atomic E-state index is -3.47. The predicted octanol–water partition coefficient (Wildman–Crippen LogP) is 3.10. The highest BCUT2D eigenvalue weighted by Gasteiger charge is 2.06. The van der Waals surface area contributed by atoms with E-state index in [1.165, 1.54) is 10.9 Å². The first kappa shape index (κ1) is 13.7. The van der Waals surface area contributed by atoms with Crippen LogP contribution in [-0.2, 0) is 16.5 Å². The van der Waals surface area contributed by atoms with Crippen molar-refractivity contribution in [1.29, 1.82) is 0 Å². The number of hydrogen-bond acceptors (Lipinski definition) is 3. The van der Waals surface area contributed by atoms with E-state index in [4.69, 9.17) is 4.18 Å². The molecule has 0 aliphatic heterocycles. The average molecular weight is 301 g/mol. The van der Waals surface area contributed by atoms with Gasteiger partial charge in [0.15, 0.2) is 0 Å². The Labute approximate surface area is 123 Å².